The van der Waals surface area contributed by atoms with Crippen molar-refractivity contribution in [3.8, 4) is 0 Å². The van der Waals surface area contributed by atoms with E-state index in [1.165, 1.54) is 12.0 Å². The van der Waals surface area contributed by atoms with Crippen molar-refractivity contribution < 1.29 is 4.39 Å². The van der Waals surface area contributed by atoms with Crippen molar-refractivity contribution in [2.24, 2.45) is 18.9 Å². The van der Waals surface area contributed by atoms with Gasteiger partial charge in [-0.15, -0.1) is 0 Å². The first kappa shape index (κ1) is 20.1. The molecule has 1 saturated carbocycles. The zero-order chi connectivity index (χ0) is 20.5. The first-order chi connectivity index (χ1) is 14.0. The lowest BCUT2D eigenvalue weighted by molar-refractivity contribution is 0.191. The maximum absolute atomic E-state index is 13.2. The number of benzene rings is 1. The third kappa shape index (κ3) is 3.95. The van der Waals surface area contributed by atoms with Gasteiger partial charge in [0, 0.05) is 44.5 Å². The van der Waals surface area contributed by atoms with Crippen LogP contribution in [0.25, 0.3) is 0 Å². The number of anilines is 1. The first-order valence-corrected chi connectivity index (χ1v) is 10.8. The van der Waals surface area contributed by atoms with E-state index in [0.717, 1.165) is 56.2 Å². The van der Waals surface area contributed by atoms with E-state index >= 15 is 0 Å². The Labute approximate surface area is 172 Å². The standard InChI is InChI=1S/C23H31FN4O/c1-4-10-25-23-26-15(2)19(22(29)27(23)3)9-11-28-13-17-12-20(21(17)14-28)16-5-7-18(24)8-6-16/h5-8,17,20-21H,4,9-14H2,1-3H3,(H,25,26). The molecule has 2 aromatic rings. The summed E-state index contributed by atoms with van der Waals surface area (Å²) < 4.78 is 14.8. The predicted molar refractivity (Wildman–Crippen MR) is 114 cm³/mol. The second-order valence-corrected chi connectivity index (χ2v) is 8.62. The molecule has 4 rings (SSSR count). The lowest BCUT2D eigenvalue weighted by Gasteiger charge is -2.40. The fourth-order valence-electron chi connectivity index (χ4n) is 4.98. The zero-order valence-electron chi connectivity index (χ0n) is 17.6. The van der Waals surface area contributed by atoms with Crippen LogP contribution in [-0.2, 0) is 13.5 Å². The Morgan fingerprint density at radius 2 is 2.00 bits per heavy atom. The van der Waals surface area contributed by atoms with Crippen LogP contribution in [0.2, 0.25) is 0 Å². The third-order valence-electron chi connectivity index (χ3n) is 6.74. The van der Waals surface area contributed by atoms with Gasteiger partial charge in [-0.1, -0.05) is 19.1 Å². The van der Waals surface area contributed by atoms with Gasteiger partial charge in [-0.3, -0.25) is 9.36 Å². The molecule has 2 fully saturated rings. The quantitative estimate of drug-likeness (QED) is 0.777. The smallest absolute Gasteiger partial charge is 0.258 e. The summed E-state index contributed by atoms with van der Waals surface area (Å²) >= 11 is 0. The maximum atomic E-state index is 13.2. The Morgan fingerprint density at radius 1 is 1.24 bits per heavy atom. The summed E-state index contributed by atoms with van der Waals surface area (Å²) in [6, 6.07) is 7.01. The summed E-state index contributed by atoms with van der Waals surface area (Å²) in [4.78, 5) is 19.9. The largest absolute Gasteiger partial charge is 0.356 e. The molecule has 1 aliphatic carbocycles. The van der Waals surface area contributed by atoms with Gasteiger partial charge >= 0.3 is 0 Å². The minimum Gasteiger partial charge on any atom is -0.356 e. The van der Waals surface area contributed by atoms with Crippen molar-refractivity contribution in [2.75, 3.05) is 31.5 Å². The molecule has 6 heteroatoms. The fraction of sp³-hybridized carbons (Fsp3) is 0.565. The second kappa shape index (κ2) is 8.27. The number of aryl methyl sites for hydroxylation is 1. The highest BCUT2D eigenvalue weighted by atomic mass is 19.1. The number of hydrogen-bond acceptors (Lipinski definition) is 4. The number of halogens is 1. The molecule has 1 aromatic heterocycles. The molecule has 0 spiro atoms. The van der Waals surface area contributed by atoms with Crippen molar-refractivity contribution in [1.82, 2.24) is 14.5 Å². The van der Waals surface area contributed by atoms with E-state index in [0.29, 0.717) is 17.8 Å². The Balaban J connectivity index is 1.38. The second-order valence-electron chi connectivity index (χ2n) is 8.62. The van der Waals surface area contributed by atoms with Crippen molar-refractivity contribution in [3.05, 3.63) is 57.3 Å². The van der Waals surface area contributed by atoms with Gasteiger partial charge in [0.25, 0.3) is 5.56 Å². The molecule has 2 aliphatic rings. The molecule has 0 amide bonds. The van der Waals surface area contributed by atoms with Crippen LogP contribution in [0.4, 0.5) is 10.3 Å². The number of aromatic nitrogens is 2. The van der Waals surface area contributed by atoms with Gasteiger partial charge in [-0.25, -0.2) is 9.37 Å². The van der Waals surface area contributed by atoms with Gasteiger partial charge in [0.2, 0.25) is 5.95 Å². The first-order valence-electron chi connectivity index (χ1n) is 10.8. The number of hydrogen-bond donors (Lipinski definition) is 1. The molecule has 1 N–H and O–H groups in total. The molecular formula is C23H31FN4O. The summed E-state index contributed by atoms with van der Waals surface area (Å²) in [5.41, 5.74) is 2.97. The number of rotatable bonds is 7. The molecule has 0 bridgehead atoms. The Kier molecular flexibility index (Phi) is 5.72. The molecule has 0 radical (unpaired) electrons. The number of nitrogens with zero attached hydrogens (tertiary/aromatic N) is 3. The van der Waals surface area contributed by atoms with E-state index in [4.69, 9.17) is 0 Å². The normalized spacial score (nSPS) is 23.7. The summed E-state index contributed by atoms with van der Waals surface area (Å²) in [6.07, 6.45) is 2.92. The minimum atomic E-state index is -0.167. The van der Waals surface area contributed by atoms with Crippen LogP contribution in [0.1, 0.15) is 42.5 Å². The summed E-state index contributed by atoms with van der Waals surface area (Å²) in [5, 5.41) is 3.23. The Hall–Kier alpha value is -2.21. The average Bonchev–Trinajstić information content (AvgIpc) is 3.01. The van der Waals surface area contributed by atoms with Crippen LogP contribution >= 0.6 is 0 Å². The third-order valence-corrected chi connectivity index (χ3v) is 6.74. The molecule has 156 valence electrons. The van der Waals surface area contributed by atoms with Crippen molar-refractivity contribution in [3.63, 3.8) is 0 Å². The van der Waals surface area contributed by atoms with Gasteiger partial charge in [-0.2, -0.15) is 0 Å². The van der Waals surface area contributed by atoms with E-state index in [2.05, 4.69) is 22.1 Å². The molecule has 3 atom stereocenters. The van der Waals surface area contributed by atoms with Crippen LogP contribution in [0.3, 0.4) is 0 Å². The van der Waals surface area contributed by atoms with Crippen LogP contribution in [0.5, 0.6) is 0 Å². The van der Waals surface area contributed by atoms with E-state index in [-0.39, 0.29) is 11.4 Å². The van der Waals surface area contributed by atoms with Gasteiger partial charge in [0.15, 0.2) is 0 Å². The van der Waals surface area contributed by atoms with Crippen molar-refractivity contribution in [1.29, 1.82) is 0 Å². The van der Waals surface area contributed by atoms with E-state index in [9.17, 15) is 9.18 Å². The Morgan fingerprint density at radius 3 is 2.72 bits per heavy atom. The summed E-state index contributed by atoms with van der Waals surface area (Å²) in [5.74, 6) is 2.42. The highest BCUT2D eigenvalue weighted by Gasteiger charge is 2.47. The van der Waals surface area contributed by atoms with Crippen molar-refractivity contribution in [2.45, 2.75) is 39.0 Å². The van der Waals surface area contributed by atoms with Gasteiger partial charge in [-0.05, 0) is 61.6 Å². The van der Waals surface area contributed by atoms with Gasteiger partial charge in [0.05, 0.1) is 0 Å². The summed E-state index contributed by atoms with van der Waals surface area (Å²) in [6.45, 7) is 7.90. The Bertz CT molecular complexity index is 924. The predicted octanol–water partition coefficient (Wildman–Crippen LogP) is 3.33. The lowest BCUT2D eigenvalue weighted by Crippen LogP contribution is -2.33. The van der Waals surface area contributed by atoms with Crippen LogP contribution < -0.4 is 10.9 Å². The van der Waals surface area contributed by atoms with Gasteiger partial charge < -0.3 is 10.2 Å². The highest BCUT2D eigenvalue weighted by molar-refractivity contribution is 5.31. The molecule has 3 unspecified atom stereocenters. The molecule has 1 aromatic carbocycles. The lowest BCUT2D eigenvalue weighted by atomic mass is 9.64. The molecule has 5 nitrogen and oxygen atoms in total. The number of likely N-dealkylation sites (tertiary alicyclic amines) is 1. The molecule has 2 heterocycles. The maximum Gasteiger partial charge on any atom is 0.258 e. The molecule has 29 heavy (non-hydrogen) atoms. The number of nitrogens with one attached hydrogen (secondary N) is 1. The SMILES string of the molecule is CCCNc1nc(C)c(CCN2CC3CC(c4ccc(F)cc4)C3C2)c(=O)n1C. The number of fused-ring (bicyclic) bond motifs is 1. The molecule has 1 aliphatic heterocycles. The topological polar surface area (TPSA) is 50.2 Å². The zero-order valence-corrected chi connectivity index (χ0v) is 17.6. The monoisotopic (exact) mass is 398 g/mol. The fourth-order valence-corrected chi connectivity index (χ4v) is 4.98. The summed E-state index contributed by atoms with van der Waals surface area (Å²) in [7, 11) is 1.79. The van der Waals surface area contributed by atoms with E-state index in [1.54, 1.807) is 23.7 Å². The van der Waals surface area contributed by atoms with Gasteiger partial charge in [0.1, 0.15) is 5.82 Å². The average molecular weight is 399 g/mol. The van der Waals surface area contributed by atoms with Crippen LogP contribution in [-0.4, -0.2) is 40.6 Å². The van der Waals surface area contributed by atoms with Crippen LogP contribution in [0.15, 0.2) is 29.1 Å². The highest BCUT2D eigenvalue weighted by Crippen LogP contribution is 2.51. The van der Waals surface area contributed by atoms with Crippen molar-refractivity contribution >= 4 is 5.95 Å². The van der Waals surface area contributed by atoms with Crippen LogP contribution in [0, 0.1) is 24.6 Å². The minimum absolute atomic E-state index is 0.0578. The van der Waals surface area contributed by atoms with E-state index < -0.39 is 0 Å². The molecule has 1 saturated heterocycles. The van der Waals surface area contributed by atoms with E-state index in [1.807, 2.05) is 19.1 Å². The molecular weight excluding hydrogens is 367 g/mol.